The fourth-order valence-electron chi connectivity index (χ4n) is 2.63. The third-order valence-corrected chi connectivity index (χ3v) is 5.14. The average Bonchev–Trinajstić information content (AvgIpc) is 3.06. The summed E-state index contributed by atoms with van der Waals surface area (Å²) in [5, 5.41) is 31.4. The summed E-state index contributed by atoms with van der Waals surface area (Å²) in [4.78, 5) is 34.4. The van der Waals surface area contributed by atoms with Crippen molar-refractivity contribution >= 4 is 34.7 Å². The van der Waals surface area contributed by atoms with Gasteiger partial charge in [0.05, 0.1) is 10.6 Å². The lowest BCUT2D eigenvalue weighted by Gasteiger charge is -2.22. The third kappa shape index (κ3) is 5.03. The molecule has 0 spiro atoms. The van der Waals surface area contributed by atoms with Gasteiger partial charge in [0.1, 0.15) is 12.1 Å². The van der Waals surface area contributed by atoms with E-state index in [1.807, 2.05) is 13.8 Å². The molecule has 1 unspecified atom stereocenters. The van der Waals surface area contributed by atoms with Crippen molar-refractivity contribution in [2.75, 3.05) is 23.3 Å². The molecule has 0 bridgehead atoms. The van der Waals surface area contributed by atoms with E-state index in [0.717, 1.165) is 18.8 Å². The van der Waals surface area contributed by atoms with Gasteiger partial charge >= 0.3 is 0 Å². The number of nitrogens with one attached hydrogen (secondary N) is 1. The molecule has 0 aliphatic carbocycles. The Morgan fingerprint density at radius 2 is 1.96 bits per heavy atom. The minimum absolute atomic E-state index is 0.103. The van der Waals surface area contributed by atoms with Crippen LogP contribution in [0.4, 0.5) is 17.1 Å². The maximum Gasteiger partial charge on any atom is 0.288 e. The molecule has 1 amide bonds. The summed E-state index contributed by atoms with van der Waals surface area (Å²) in [5.41, 5.74) is 1.24. The molecule has 0 saturated heterocycles. The summed E-state index contributed by atoms with van der Waals surface area (Å²) in [5.74, 6) is -0.304. The molecule has 1 atom stereocenters. The molecule has 0 aromatic heterocycles. The summed E-state index contributed by atoms with van der Waals surface area (Å²) >= 11 is 0.692. The summed E-state index contributed by atoms with van der Waals surface area (Å²) in [6.07, 6.45) is -0.321. The molecular weight excluding hydrogens is 388 g/mol. The number of hydrogen-bond acceptors (Lipinski definition) is 9. The number of thioether (sulfide) groups is 1. The van der Waals surface area contributed by atoms with Gasteiger partial charge in [0, 0.05) is 30.6 Å². The van der Waals surface area contributed by atoms with Gasteiger partial charge in [-0.25, -0.2) is 0 Å². The maximum absolute atomic E-state index is 11.5. The van der Waals surface area contributed by atoms with Gasteiger partial charge in [-0.1, -0.05) is 0 Å². The van der Waals surface area contributed by atoms with Crippen LogP contribution in [-0.4, -0.2) is 34.2 Å². The topological polar surface area (TPSA) is 143 Å². The first-order chi connectivity index (χ1) is 13.3. The molecule has 1 aromatic rings. The van der Waals surface area contributed by atoms with Crippen LogP contribution in [0.1, 0.15) is 27.2 Å². The molecule has 11 nitrogen and oxygen atoms in total. The van der Waals surface area contributed by atoms with Crippen molar-refractivity contribution in [3.63, 3.8) is 0 Å². The van der Waals surface area contributed by atoms with E-state index in [0.29, 0.717) is 23.1 Å². The molecule has 150 valence electrons. The summed E-state index contributed by atoms with van der Waals surface area (Å²) in [7, 11) is 0. The lowest BCUT2D eigenvalue weighted by Crippen LogP contribution is -2.21. The van der Waals surface area contributed by atoms with Gasteiger partial charge in [-0.15, -0.1) is 10.2 Å². The highest BCUT2D eigenvalue weighted by atomic mass is 32.2. The van der Waals surface area contributed by atoms with E-state index in [1.165, 1.54) is 6.92 Å². The zero-order valence-corrected chi connectivity index (χ0v) is 16.4. The SMILES string of the molecule is CCN(CC)c1ccc(/N=N/C2=C([N+](=O)[O-])CC([N+](=O)[O-])S2)c(NC(C)=O)c1. The largest absolute Gasteiger partial charge is 0.372 e. The van der Waals surface area contributed by atoms with Crippen LogP contribution in [0.3, 0.4) is 0 Å². The molecule has 1 aliphatic heterocycles. The van der Waals surface area contributed by atoms with Gasteiger partial charge in [-0.05, 0) is 43.8 Å². The Labute approximate surface area is 165 Å². The lowest BCUT2D eigenvalue weighted by molar-refractivity contribution is -0.502. The first-order valence-electron chi connectivity index (χ1n) is 8.52. The normalized spacial score (nSPS) is 16.5. The number of nitro groups is 2. The number of anilines is 2. The smallest absolute Gasteiger partial charge is 0.288 e. The van der Waals surface area contributed by atoms with E-state index in [4.69, 9.17) is 0 Å². The predicted octanol–water partition coefficient (Wildman–Crippen LogP) is 3.76. The Morgan fingerprint density at radius 1 is 1.29 bits per heavy atom. The van der Waals surface area contributed by atoms with Crippen molar-refractivity contribution in [3.8, 4) is 0 Å². The molecule has 0 saturated carbocycles. The maximum atomic E-state index is 11.5. The van der Waals surface area contributed by atoms with Crippen molar-refractivity contribution in [2.24, 2.45) is 10.2 Å². The van der Waals surface area contributed by atoms with E-state index in [2.05, 4.69) is 20.4 Å². The molecule has 28 heavy (non-hydrogen) atoms. The molecule has 1 aliphatic rings. The zero-order valence-electron chi connectivity index (χ0n) is 15.6. The van der Waals surface area contributed by atoms with Gasteiger partial charge < -0.3 is 10.2 Å². The van der Waals surface area contributed by atoms with Gasteiger partial charge in [0.2, 0.25) is 5.91 Å². The third-order valence-electron chi connectivity index (χ3n) is 3.99. The quantitative estimate of drug-likeness (QED) is 0.392. The van der Waals surface area contributed by atoms with Crippen molar-refractivity contribution in [1.82, 2.24) is 0 Å². The molecule has 1 heterocycles. The van der Waals surface area contributed by atoms with Gasteiger partial charge in [-0.2, -0.15) is 0 Å². The highest BCUT2D eigenvalue weighted by molar-refractivity contribution is 8.03. The number of rotatable bonds is 8. The van der Waals surface area contributed by atoms with Crippen LogP contribution in [0.5, 0.6) is 0 Å². The number of amides is 1. The molecule has 1 aromatic carbocycles. The first-order valence-corrected chi connectivity index (χ1v) is 9.40. The van der Waals surface area contributed by atoms with E-state index in [9.17, 15) is 25.0 Å². The number of nitrogens with zero attached hydrogens (tertiary/aromatic N) is 5. The lowest BCUT2D eigenvalue weighted by atomic mass is 10.2. The molecule has 1 N–H and O–H groups in total. The van der Waals surface area contributed by atoms with Crippen LogP contribution < -0.4 is 10.2 Å². The van der Waals surface area contributed by atoms with Crippen molar-refractivity contribution in [2.45, 2.75) is 32.6 Å². The number of carbonyl (C=O) groups excluding carboxylic acids is 1. The van der Waals surface area contributed by atoms with Crippen LogP contribution >= 0.6 is 11.8 Å². The summed E-state index contributed by atoms with van der Waals surface area (Å²) < 4.78 is 0. The second-order valence-electron chi connectivity index (χ2n) is 5.83. The van der Waals surface area contributed by atoms with E-state index in [1.54, 1.807) is 18.2 Å². The second-order valence-corrected chi connectivity index (χ2v) is 6.99. The second kappa shape index (κ2) is 9.26. The van der Waals surface area contributed by atoms with Crippen LogP contribution in [0, 0.1) is 20.2 Å². The minimum Gasteiger partial charge on any atom is -0.372 e. The molecule has 0 radical (unpaired) electrons. The molecule has 12 heteroatoms. The number of azo groups is 1. The molecule has 0 fully saturated rings. The van der Waals surface area contributed by atoms with Crippen LogP contribution in [0.15, 0.2) is 39.2 Å². The van der Waals surface area contributed by atoms with Gasteiger partial charge in [0.25, 0.3) is 11.1 Å². The Balaban J connectivity index is 2.38. The first kappa shape index (κ1) is 21.3. The van der Waals surface area contributed by atoms with Crippen molar-refractivity contribution in [1.29, 1.82) is 0 Å². The summed E-state index contributed by atoms with van der Waals surface area (Å²) in [6.45, 7) is 6.91. The number of hydrogen-bond donors (Lipinski definition) is 1. The zero-order chi connectivity index (χ0) is 20.8. The number of carbonyl (C=O) groups is 1. The van der Waals surface area contributed by atoms with Crippen molar-refractivity contribution in [3.05, 3.63) is 49.2 Å². The Bertz CT molecular complexity index is 852. The Morgan fingerprint density at radius 3 is 2.50 bits per heavy atom. The average molecular weight is 408 g/mol. The predicted molar refractivity (Wildman–Crippen MR) is 106 cm³/mol. The van der Waals surface area contributed by atoms with E-state index >= 15 is 0 Å². The summed E-state index contributed by atoms with van der Waals surface area (Å²) in [6, 6.07) is 5.18. The fourth-order valence-corrected chi connectivity index (χ4v) is 3.60. The monoisotopic (exact) mass is 408 g/mol. The van der Waals surface area contributed by atoms with Crippen LogP contribution in [0.2, 0.25) is 0 Å². The highest BCUT2D eigenvalue weighted by Gasteiger charge is 2.40. The minimum atomic E-state index is -1.16. The molecular formula is C16H20N6O5S. The van der Waals surface area contributed by atoms with Crippen LogP contribution in [0.25, 0.3) is 0 Å². The number of benzene rings is 1. The van der Waals surface area contributed by atoms with Gasteiger partial charge in [-0.3, -0.25) is 25.0 Å². The Hall–Kier alpha value is -3.02. The van der Waals surface area contributed by atoms with Crippen molar-refractivity contribution < 1.29 is 14.6 Å². The molecule has 2 rings (SSSR count). The van der Waals surface area contributed by atoms with E-state index < -0.39 is 15.2 Å². The van der Waals surface area contributed by atoms with Crippen LogP contribution in [-0.2, 0) is 4.79 Å². The standard InChI is InChI=1S/C16H20N6O5S/c1-4-20(5-2)11-6-7-12(13(8-11)17-10(3)23)18-19-16-14(21(24)25)9-15(28-16)22(26)27/h6-8,15H,4-5,9H2,1-3H3,(H,17,23)/b19-18+. The highest BCUT2D eigenvalue weighted by Crippen LogP contribution is 2.40. The fraction of sp³-hybridized carbons (Fsp3) is 0.438. The Kier molecular flexibility index (Phi) is 7.04. The van der Waals surface area contributed by atoms with Gasteiger partial charge in [0.15, 0.2) is 5.03 Å². The van der Waals surface area contributed by atoms with E-state index in [-0.39, 0.29) is 23.1 Å².